The average molecular weight is 143 g/mol. The molecule has 0 aromatic rings. The summed E-state index contributed by atoms with van der Waals surface area (Å²) in [5, 5.41) is 3.29. The van der Waals surface area contributed by atoms with Crippen LogP contribution in [0, 0.1) is 5.41 Å². The van der Waals surface area contributed by atoms with Crippen LogP contribution >= 0.6 is 0 Å². The van der Waals surface area contributed by atoms with Gasteiger partial charge in [0.25, 0.3) is 0 Å². The molecule has 0 spiro atoms. The molecule has 1 rings (SSSR count). The van der Waals surface area contributed by atoms with E-state index in [0.29, 0.717) is 11.6 Å². The van der Waals surface area contributed by atoms with Crippen LogP contribution in [0.25, 0.3) is 0 Å². The van der Waals surface area contributed by atoms with Crippen LogP contribution in [0.3, 0.4) is 0 Å². The Morgan fingerprint density at radius 2 is 2.20 bits per heavy atom. The smallest absolute Gasteiger partial charge is 0.108 e. The Bertz CT molecular complexity index is 100. The van der Waals surface area contributed by atoms with Gasteiger partial charge in [0.05, 0.1) is 6.61 Å². The number of ether oxygens (including phenoxy) is 1. The fourth-order valence-corrected chi connectivity index (χ4v) is 1.17. The zero-order valence-electron chi connectivity index (χ0n) is 7.11. The molecule has 2 nitrogen and oxygen atoms in total. The van der Waals surface area contributed by atoms with E-state index < -0.39 is 0 Å². The van der Waals surface area contributed by atoms with Gasteiger partial charge in [0.1, 0.15) is 6.23 Å². The van der Waals surface area contributed by atoms with Gasteiger partial charge in [-0.15, -0.1) is 0 Å². The summed E-state index contributed by atoms with van der Waals surface area (Å²) in [6.07, 6.45) is 1.41. The lowest BCUT2D eigenvalue weighted by Gasteiger charge is -2.21. The molecule has 2 heteroatoms. The summed E-state index contributed by atoms with van der Waals surface area (Å²) in [6.45, 7) is 8.59. The fraction of sp³-hybridized carbons (Fsp3) is 1.00. The first-order valence-electron chi connectivity index (χ1n) is 3.93. The van der Waals surface area contributed by atoms with Crippen molar-refractivity contribution in [3.8, 4) is 0 Å². The summed E-state index contributed by atoms with van der Waals surface area (Å²) >= 11 is 0. The highest BCUT2D eigenvalue weighted by atomic mass is 16.5. The summed E-state index contributed by atoms with van der Waals surface area (Å²) in [5.74, 6) is 0. The third-order valence-electron chi connectivity index (χ3n) is 1.59. The Morgan fingerprint density at radius 1 is 1.50 bits per heavy atom. The van der Waals surface area contributed by atoms with E-state index in [0.717, 1.165) is 19.6 Å². The molecule has 0 aliphatic carbocycles. The quantitative estimate of drug-likeness (QED) is 0.598. The molecule has 1 heterocycles. The van der Waals surface area contributed by atoms with E-state index in [-0.39, 0.29) is 0 Å². The molecule has 0 bridgehead atoms. The maximum Gasteiger partial charge on any atom is 0.108 e. The van der Waals surface area contributed by atoms with Gasteiger partial charge in [0, 0.05) is 6.54 Å². The van der Waals surface area contributed by atoms with Crippen molar-refractivity contribution < 1.29 is 4.74 Å². The molecule has 0 saturated carbocycles. The Morgan fingerprint density at radius 3 is 2.60 bits per heavy atom. The van der Waals surface area contributed by atoms with Crippen molar-refractivity contribution in [3.05, 3.63) is 0 Å². The molecule has 1 aliphatic rings. The molecule has 0 aromatic heterocycles. The van der Waals surface area contributed by atoms with Crippen LogP contribution < -0.4 is 5.32 Å². The van der Waals surface area contributed by atoms with Crippen LogP contribution in [-0.4, -0.2) is 19.4 Å². The summed E-state index contributed by atoms with van der Waals surface area (Å²) in [4.78, 5) is 0. The topological polar surface area (TPSA) is 21.3 Å². The molecule has 0 amide bonds. The fourth-order valence-electron chi connectivity index (χ4n) is 1.17. The molecule has 60 valence electrons. The third kappa shape index (κ3) is 2.67. The Balaban J connectivity index is 2.24. The van der Waals surface area contributed by atoms with E-state index in [4.69, 9.17) is 4.74 Å². The summed E-state index contributed by atoms with van der Waals surface area (Å²) in [6, 6.07) is 0. The predicted octanol–water partition coefficient (Wildman–Crippen LogP) is 1.37. The summed E-state index contributed by atoms with van der Waals surface area (Å²) in [5.41, 5.74) is 0.377. The lowest BCUT2D eigenvalue weighted by Crippen LogP contribution is -2.27. The number of rotatable bonds is 1. The van der Waals surface area contributed by atoms with Gasteiger partial charge in [-0.2, -0.15) is 0 Å². The molecule has 0 aromatic carbocycles. The minimum absolute atomic E-state index is 0.306. The predicted molar refractivity (Wildman–Crippen MR) is 41.8 cm³/mol. The summed E-state index contributed by atoms with van der Waals surface area (Å²) in [7, 11) is 0. The van der Waals surface area contributed by atoms with Gasteiger partial charge in [0.2, 0.25) is 0 Å². The van der Waals surface area contributed by atoms with E-state index in [1.165, 1.54) is 0 Å². The first-order chi connectivity index (χ1) is 4.58. The van der Waals surface area contributed by atoms with E-state index in [2.05, 4.69) is 26.1 Å². The van der Waals surface area contributed by atoms with Crippen LogP contribution in [-0.2, 0) is 4.74 Å². The molecule has 1 aliphatic heterocycles. The normalized spacial score (nSPS) is 27.3. The number of hydrogen-bond donors (Lipinski definition) is 1. The van der Waals surface area contributed by atoms with Gasteiger partial charge in [-0.25, -0.2) is 0 Å². The molecule has 1 saturated heterocycles. The standard InChI is InChI=1S/C8H17NO/c1-8(2,3)6-7-9-4-5-10-7/h7,9H,4-6H2,1-3H3. The lowest BCUT2D eigenvalue weighted by atomic mass is 9.91. The van der Waals surface area contributed by atoms with Crippen molar-refractivity contribution in [2.45, 2.75) is 33.4 Å². The number of hydrogen-bond acceptors (Lipinski definition) is 2. The van der Waals surface area contributed by atoms with Gasteiger partial charge in [-0.1, -0.05) is 20.8 Å². The Labute approximate surface area is 63.0 Å². The highest BCUT2D eigenvalue weighted by Gasteiger charge is 2.21. The molecule has 1 atom stereocenters. The van der Waals surface area contributed by atoms with Crippen molar-refractivity contribution in [3.63, 3.8) is 0 Å². The van der Waals surface area contributed by atoms with E-state index in [1.54, 1.807) is 0 Å². The Kier molecular flexibility index (Phi) is 2.32. The highest BCUT2D eigenvalue weighted by molar-refractivity contribution is 4.71. The monoisotopic (exact) mass is 143 g/mol. The minimum atomic E-state index is 0.306. The molecule has 1 unspecified atom stereocenters. The second-order valence-electron chi connectivity index (χ2n) is 4.08. The van der Waals surface area contributed by atoms with Crippen LogP contribution in [0.4, 0.5) is 0 Å². The van der Waals surface area contributed by atoms with Crippen LogP contribution in [0.2, 0.25) is 0 Å². The van der Waals surface area contributed by atoms with Gasteiger partial charge in [-0.3, -0.25) is 5.32 Å². The summed E-state index contributed by atoms with van der Waals surface area (Å²) < 4.78 is 5.42. The van der Waals surface area contributed by atoms with Crippen molar-refractivity contribution in [1.82, 2.24) is 5.32 Å². The number of nitrogens with one attached hydrogen (secondary N) is 1. The van der Waals surface area contributed by atoms with Crippen LogP contribution in [0.15, 0.2) is 0 Å². The van der Waals surface area contributed by atoms with Gasteiger partial charge >= 0.3 is 0 Å². The van der Waals surface area contributed by atoms with Crippen LogP contribution in [0.1, 0.15) is 27.2 Å². The lowest BCUT2D eigenvalue weighted by molar-refractivity contribution is 0.0662. The zero-order chi connectivity index (χ0) is 7.61. The molecule has 1 N–H and O–H groups in total. The van der Waals surface area contributed by atoms with Crippen molar-refractivity contribution in [2.75, 3.05) is 13.2 Å². The van der Waals surface area contributed by atoms with Crippen molar-refractivity contribution in [2.24, 2.45) is 5.41 Å². The minimum Gasteiger partial charge on any atom is -0.362 e. The molecule has 0 radical (unpaired) electrons. The first-order valence-corrected chi connectivity index (χ1v) is 3.93. The highest BCUT2D eigenvalue weighted by Crippen LogP contribution is 2.22. The second-order valence-corrected chi connectivity index (χ2v) is 4.08. The largest absolute Gasteiger partial charge is 0.362 e. The first kappa shape index (κ1) is 8.02. The molecule has 1 fully saturated rings. The van der Waals surface area contributed by atoms with Gasteiger partial charge < -0.3 is 4.74 Å². The Hall–Kier alpha value is -0.0800. The molecular formula is C8H17NO. The van der Waals surface area contributed by atoms with E-state index in [9.17, 15) is 0 Å². The van der Waals surface area contributed by atoms with Gasteiger partial charge in [-0.05, 0) is 11.8 Å². The molecule has 10 heavy (non-hydrogen) atoms. The maximum atomic E-state index is 5.42. The van der Waals surface area contributed by atoms with Crippen LogP contribution in [0.5, 0.6) is 0 Å². The van der Waals surface area contributed by atoms with Crippen molar-refractivity contribution >= 4 is 0 Å². The van der Waals surface area contributed by atoms with E-state index >= 15 is 0 Å². The van der Waals surface area contributed by atoms with Gasteiger partial charge in [0.15, 0.2) is 0 Å². The SMILES string of the molecule is CC(C)(C)CC1NCCO1. The zero-order valence-corrected chi connectivity index (χ0v) is 7.11. The van der Waals surface area contributed by atoms with Crippen molar-refractivity contribution in [1.29, 1.82) is 0 Å². The van der Waals surface area contributed by atoms with E-state index in [1.807, 2.05) is 0 Å². The maximum absolute atomic E-state index is 5.42. The average Bonchev–Trinajstić information content (AvgIpc) is 2.12. The molecular weight excluding hydrogens is 126 g/mol. The second kappa shape index (κ2) is 2.89. The third-order valence-corrected chi connectivity index (χ3v) is 1.59.